The zero-order chi connectivity index (χ0) is 14.5. The highest BCUT2D eigenvalue weighted by Gasteiger charge is 2.09. The number of ether oxygens (including phenoxy) is 2. The molecule has 2 rings (SSSR count). The van der Waals surface area contributed by atoms with Crippen molar-refractivity contribution < 1.29 is 9.47 Å². The summed E-state index contributed by atoms with van der Waals surface area (Å²) in [6.07, 6.45) is 0. The summed E-state index contributed by atoms with van der Waals surface area (Å²) >= 11 is 10.1. The molecule has 0 aliphatic rings. The van der Waals surface area contributed by atoms with Crippen molar-refractivity contribution in [2.24, 2.45) is 5.73 Å². The van der Waals surface area contributed by atoms with Gasteiger partial charge in [0, 0.05) is 10.0 Å². The summed E-state index contributed by atoms with van der Waals surface area (Å²) in [5, 5.41) is 2.02. The van der Waals surface area contributed by atoms with Crippen LogP contribution in [0.1, 0.15) is 17.4 Å². The highest BCUT2D eigenvalue weighted by molar-refractivity contribution is 9.10. The lowest BCUT2D eigenvalue weighted by Gasteiger charge is -2.12. The van der Waals surface area contributed by atoms with E-state index in [2.05, 4.69) is 15.9 Å². The molecule has 106 valence electrons. The molecule has 0 atom stereocenters. The van der Waals surface area contributed by atoms with E-state index in [-0.39, 0.29) is 0 Å². The van der Waals surface area contributed by atoms with Crippen LogP contribution in [0.2, 0.25) is 0 Å². The monoisotopic (exact) mass is 371 g/mol. The summed E-state index contributed by atoms with van der Waals surface area (Å²) in [6.45, 7) is 2.97. The molecule has 0 amide bonds. The highest BCUT2D eigenvalue weighted by Crippen LogP contribution is 2.31. The minimum Gasteiger partial charge on any atom is -0.490 e. The van der Waals surface area contributed by atoms with Gasteiger partial charge in [0.25, 0.3) is 0 Å². The lowest BCUT2D eigenvalue weighted by atomic mass is 10.2. The Hall–Kier alpha value is -1.11. The van der Waals surface area contributed by atoms with Crippen molar-refractivity contribution in [1.29, 1.82) is 0 Å². The van der Waals surface area contributed by atoms with Gasteiger partial charge in [0.15, 0.2) is 11.5 Å². The summed E-state index contributed by atoms with van der Waals surface area (Å²) in [5.41, 5.74) is 6.40. The summed E-state index contributed by atoms with van der Waals surface area (Å²) in [4.78, 5) is 1.48. The van der Waals surface area contributed by atoms with Gasteiger partial charge in [0.05, 0.1) is 11.5 Å². The van der Waals surface area contributed by atoms with Crippen molar-refractivity contribution >= 4 is 44.5 Å². The van der Waals surface area contributed by atoms with Crippen LogP contribution in [-0.2, 0) is 6.61 Å². The summed E-state index contributed by atoms with van der Waals surface area (Å²) in [7, 11) is 0. The Kier molecular flexibility index (Phi) is 5.39. The fraction of sp³-hybridized carbons (Fsp3) is 0.214. The summed E-state index contributed by atoms with van der Waals surface area (Å²) < 4.78 is 12.5. The molecule has 0 aliphatic heterocycles. The first-order valence-corrected chi connectivity index (χ1v) is 8.11. The second-order valence-corrected chi connectivity index (χ2v) is 6.23. The molecule has 2 N–H and O–H groups in total. The van der Waals surface area contributed by atoms with Crippen LogP contribution in [0, 0.1) is 0 Å². The third-order valence-electron chi connectivity index (χ3n) is 2.58. The average molecular weight is 372 g/mol. The topological polar surface area (TPSA) is 44.5 Å². The second kappa shape index (κ2) is 7.06. The smallest absolute Gasteiger partial charge is 0.161 e. The lowest BCUT2D eigenvalue weighted by Crippen LogP contribution is -2.10. The number of benzene rings is 1. The lowest BCUT2D eigenvalue weighted by molar-refractivity contribution is 0.271. The van der Waals surface area contributed by atoms with E-state index in [9.17, 15) is 0 Å². The Morgan fingerprint density at radius 3 is 2.70 bits per heavy atom. The fourth-order valence-electron chi connectivity index (χ4n) is 1.62. The van der Waals surface area contributed by atoms with Gasteiger partial charge in [-0.25, -0.2) is 0 Å². The van der Waals surface area contributed by atoms with Gasteiger partial charge in [-0.2, -0.15) is 0 Å². The van der Waals surface area contributed by atoms with E-state index in [4.69, 9.17) is 27.4 Å². The summed E-state index contributed by atoms with van der Waals surface area (Å²) in [6, 6.07) is 7.48. The molecule has 20 heavy (non-hydrogen) atoms. The Labute approximate surface area is 135 Å². The molecule has 0 unspecified atom stereocenters. The largest absolute Gasteiger partial charge is 0.490 e. The third-order valence-corrected chi connectivity index (χ3v) is 4.71. The van der Waals surface area contributed by atoms with Crippen LogP contribution in [0.5, 0.6) is 11.5 Å². The zero-order valence-corrected chi connectivity index (χ0v) is 14.1. The Bertz CT molecular complexity index is 613. The molecule has 0 saturated heterocycles. The molecule has 2 aromatic rings. The number of rotatable bonds is 6. The van der Waals surface area contributed by atoms with Gasteiger partial charge in [-0.05, 0) is 52.5 Å². The van der Waals surface area contributed by atoms with Crippen molar-refractivity contribution in [3.05, 3.63) is 44.6 Å². The van der Waals surface area contributed by atoms with E-state index in [1.807, 2.05) is 36.6 Å². The van der Waals surface area contributed by atoms with Crippen LogP contribution in [0.15, 0.2) is 34.1 Å². The summed E-state index contributed by atoms with van der Waals surface area (Å²) in [5.74, 6) is 1.35. The standard InChI is InChI=1S/C14H14BrNO2S2/c1-2-17-12-7-9(14(16)19)3-4-11(12)18-8-13-10(15)5-6-20-13/h3-7H,2,8H2,1H3,(H2,16,19). The number of hydrogen-bond acceptors (Lipinski definition) is 4. The van der Waals surface area contributed by atoms with Gasteiger partial charge in [-0.1, -0.05) is 12.2 Å². The molecule has 1 heterocycles. The number of thiocarbonyl (C=S) groups is 1. The van der Waals surface area contributed by atoms with E-state index >= 15 is 0 Å². The first kappa shape index (κ1) is 15.3. The zero-order valence-electron chi connectivity index (χ0n) is 10.9. The average Bonchev–Trinajstić information content (AvgIpc) is 2.83. The van der Waals surface area contributed by atoms with E-state index in [0.29, 0.717) is 29.7 Å². The van der Waals surface area contributed by atoms with Gasteiger partial charge in [-0.15, -0.1) is 11.3 Å². The first-order chi connectivity index (χ1) is 9.61. The van der Waals surface area contributed by atoms with Crippen molar-refractivity contribution in [2.45, 2.75) is 13.5 Å². The van der Waals surface area contributed by atoms with Crippen molar-refractivity contribution in [3.8, 4) is 11.5 Å². The van der Waals surface area contributed by atoms with Gasteiger partial charge in [0.1, 0.15) is 11.6 Å². The van der Waals surface area contributed by atoms with Crippen LogP contribution in [0.4, 0.5) is 0 Å². The van der Waals surface area contributed by atoms with Crippen molar-refractivity contribution in [1.82, 2.24) is 0 Å². The van der Waals surface area contributed by atoms with Crippen LogP contribution >= 0.6 is 39.5 Å². The molecule has 0 fully saturated rings. The van der Waals surface area contributed by atoms with Gasteiger partial charge in [0.2, 0.25) is 0 Å². The molecular formula is C14H14BrNO2S2. The molecule has 0 radical (unpaired) electrons. The molecule has 0 bridgehead atoms. The van der Waals surface area contributed by atoms with Gasteiger partial charge >= 0.3 is 0 Å². The highest BCUT2D eigenvalue weighted by atomic mass is 79.9. The van der Waals surface area contributed by atoms with Crippen LogP contribution < -0.4 is 15.2 Å². The van der Waals surface area contributed by atoms with E-state index < -0.39 is 0 Å². The number of thiophene rings is 1. The number of halogens is 1. The maximum atomic E-state index is 5.82. The number of nitrogens with two attached hydrogens (primary N) is 1. The molecule has 0 aliphatic carbocycles. The number of hydrogen-bond donors (Lipinski definition) is 1. The normalized spacial score (nSPS) is 10.3. The predicted octanol–water partition coefficient (Wildman–Crippen LogP) is 4.12. The predicted molar refractivity (Wildman–Crippen MR) is 89.8 cm³/mol. The Morgan fingerprint density at radius 2 is 2.10 bits per heavy atom. The quantitative estimate of drug-likeness (QED) is 0.775. The fourth-order valence-corrected chi connectivity index (χ4v) is 3.13. The molecule has 0 saturated carbocycles. The van der Waals surface area contributed by atoms with E-state index in [0.717, 1.165) is 14.9 Å². The molecule has 6 heteroatoms. The minimum atomic E-state index is 0.346. The van der Waals surface area contributed by atoms with Crippen molar-refractivity contribution in [2.75, 3.05) is 6.61 Å². The maximum Gasteiger partial charge on any atom is 0.161 e. The molecule has 1 aromatic heterocycles. The molecule has 0 spiro atoms. The maximum absolute atomic E-state index is 5.82. The van der Waals surface area contributed by atoms with Crippen LogP contribution in [0.3, 0.4) is 0 Å². The first-order valence-electron chi connectivity index (χ1n) is 6.03. The van der Waals surface area contributed by atoms with Crippen LogP contribution in [-0.4, -0.2) is 11.6 Å². The Morgan fingerprint density at radius 1 is 1.30 bits per heavy atom. The molecular weight excluding hydrogens is 358 g/mol. The Balaban J connectivity index is 2.17. The van der Waals surface area contributed by atoms with E-state index in [1.165, 1.54) is 0 Å². The third kappa shape index (κ3) is 3.71. The molecule has 1 aromatic carbocycles. The second-order valence-electron chi connectivity index (χ2n) is 3.94. The van der Waals surface area contributed by atoms with E-state index in [1.54, 1.807) is 11.3 Å². The van der Waals surface area contributed by atoms with Gasteiger partial charge < -0.3 is 15.2 Å². The molecule has 3 nitrogen and oxygen atoms in total. The van der Waals surface area contributed by atoms with Crippen LogP contribution in [0.25, 0.3) is 0 Å². The SMILES string of the molecule is CCOc1cc(C(N)=S)ccc1OCc1sccc1Br. The minimum absolute atomic E-state index is 0.346. The van der Waals surface area contributed by atoms with Crippen molar-refractivity contribution in [3.63, 3.8) is 0 Å². The van der Waals surface area contributed by atoms with Gasteiger partial charge in [-0.3, -0.25) is 0 Å².